The van der Waals surface area contributed by atoms with E-state index in [4.69, 9.17) is 27.0 Å². The minimum Gasteiger partial charge on any atom is -0.420 e. The maximum absolute atomic E-state index is 11.3. The van der Waals surface area contributed by atoms with Gasteiger partial charge in [0.05, 0.1) is 23.6 Å². The molecule has 0 unspecified atom stereocenters. The highest BCUT2D eigenvalue weighted by Crippen LogP contribution is 2.40. The molecule has 0 fully saturated rings. The van der Waals surface area contributed by atoms with Gasteiger partial charge < -0.3 is 14.2 Å². The Morgan fingerprint density at radius 1 is 1.19 bits per heavy atom. The van der Waals surface area contributed by atoms with E-state index in [-0.39, 0.29) is 23.0 Å². The van der Waals surface area contributed by atoms with Crippen molar-refractivity contribution >= 4 is 37.2 Å². The van der Waals surface area contributed by atoms with Gasteiger partial charge in [0.1, 0.15) is 0 Å². The number of nitrogens with one attached hydrogen (secondary N) is 1. The zero-order valence-electron chi connectivity index (χ0n) is 22.8. The lowest BCUT2D eigenvalue weighted by Gasteiger charge is -2.40. The molecule has 0 aliphatic carbocycles. The number of halogens is 1. The van der Waals surface area contributed by atoms with Crippen molar-refractivity contribution in [3.8, 4) is 11.5 Å². The molecule has 0 aliphatic rings. The number of hydrogen-bond donors (Lipinski definition) is 1. The molecule has 2 aromatic carbocycles. The van der Waals surface area contributed by atoms with Gasteiger partial charge in [-0.1, -0.05) is 44.5 Å². The Labute approximate surface area is 225 Å². The second-order valence-electron chi connectivity index (χ2n) is 10.9. The van der Waals surface area contributed by atoms with E-state index < -0.39 is 8.32 Å². The van der Waals surface area contributed by atoms with Crippen molar-refractivity contribution in [1.82, 2.24) is 10.2 Å². The standard InChI is InChI=1S/C28H35ClN4O3Si/c1-17-21(12-15-24(30-7)25(17)29)16-23(18(2)36-37(8,9)28(4,5)6)27-33-32-26(35-27)20-10-13-22(14-11-20)31-19(3)34/h10-15,18,23H,16H2,1-6,8-9H3,(H,31,34)/t18-,23+/m0/s1. The molecule has 1 aromatic heterocycles. The third kappa shape index (κ3) is 6.66. The van der Waals surface area contributed by atoms with E-state index >= 15 is 0 Å². The molecule has 3 rings (SSSR count). The lowest BCUT2D eigenvalue weighted by atomic mass is 9.92. The maximum atomic E-state index is 11.3. The molecule has 0 bridgehead atoms. The second kappa shape index (κ2) is 11.2. The molecule has 0 aliphatic heterocycles. The zero-order valence-corrected chi connectivity index (χ0v) is 24.5. The van der Waals surface area contributed by atoms with Crippen molar-refractivity contribution in [1.29, 1.82) is 0 Å². The van der Waals surface area contributed by atoms with Crippen molar-refractivity contribution in [2.75, 3.05) is 5.32 Å². The fourth-order valence-electron chi connectivity index (χ4n) is 3.83. The van der Waals surface area contributed by atoms with Crippen molar-refractivity contribution in [3.05, 3.63) is 69.9 Å². The van der Waals surface area contributed by atoms with Crippen LogP contribution in [-0.4, -0.2) is 30.5 Å². The number of carbonyl (C=O) groups is 1. The number of hydrogen-bond acceptors (Lipinski definition) is 5. The van der Waals surface area contributed by atoms with Gasteiger partial charge in [0.25, 0.3) is 0 Å². The molecular weight excluding hydrogens is 504 g/mol. The van der Waals surface area contributed by atoms with Crippen LogP contribution in [0.2, 0.25) is 23.2 Å². The topological polar surface area (TPSA) is 81.6 Å². The van der Waals surface area contributed by atoms with Crippen LogP contribution >= 0.6 is 11.6 Å². The largest absolute Gasteiger partial charge is 0.420 e. The normalized spacial score (nSPS) is 13.6. The summed E-state index contributed by atoms with van der Waals surface area (Å²) in [5, 5.41) is 12.0. The van der Waals surface area contributed by atoms with Crippen LogP contribution in [0.1, 0.15) is 57.6 Å². The van der Waals surface area contributed by atoms with Crippen LogP contribution in [-0.2, 0) is 15.6 Å². The number of aromatic nitrogens is 2. The third-order valence-electron chi connectivity index (χ3n) is 7.10. The Balaban J connectivity index is 1.97. The first-order chi connectivity index (χ1) is 17.2. The Morgan fingerprint density at radius 3 is 2.41 bits per heavy atom. The van der Waals surface area contributed by atoms with Gasteiger partial charge in [0, 0.05) is 18.2 Å². The second-order valence-corrected chi connectivity index (χ2v) is 16.0. The smallest absolute Gasteiger partial charge is 0.247 e. The summed E-state index contributed by atoms with van der Waals surface area (Å²) in [6.45, 7) is 23.9. The van der Waals surface area contributed by atoms with E-state index in [9.17, 15) is 4.79 Å². The monoisotopic (exact) mass is 538 g/mol. The summed E-state index contributed by atoms with van der Waals surface area (Å²) in [6.07, 6.45) is 0.373. The Morgan fingerprint density at radius 2 is 1.84 bits per heavy atom. The van der Waals surface area contributed by atoms with E-state index in [1.165, 1.54) is 6.92 Å². The summed E-state index contributed by atoms with van der Waals surface area (Å²) in [5.74, 6) is 0.526. The first-order valence-corrected chi connectivity index (χ1v) is 15.6. The molecule has 0 spiro atoms. The summed E-state index contributed by atoms with van der Waals surface area (Å²) in [4.78, 5) is 14.8. The number of benzene rings is 2. The molecule has 7 nitrogen and oxygen atoms in total. The molecule has 37 heavy (non-hydrogen) atoms. The van der Waals surface area contributed by atoms with Crippen molar-refractivity contribution in [2.45, 2.75) is 78.1 Å². The van der Waals surface area contributed by atoms with Crippen LogP contribution < -0.4 is 5.32 Å². The Hall–Kier alpha value is -2.99. The van der Waals surface area contributed by atoms with Gasteiger partial charge >= 0.3 is 0 Å². The molecule has 3 aromatic rings. The highest BCUT2D eigenvalue weighted by molar-refractivity contribution is 6.74. The Bertz CT molecular complexity index is 1310. The zero-order chi connectivity index (χ0) is 27.5. The molecule has 0 radical (unpaired) electrons. The number of rotatable bonds is 8. The van der Waals surface area contributed by atoms with Crippen LogP contribution in [0.25, 0.3) is 16.3 Å². The van der Waals surface area contributed by atoms with E-state index in [0.717, 1.165) is 16.7 Å². The fraction of sp³-hybridized carbons (Fsp3) is 0.429. The molecular formula is C28H35ClN4O3Si. The molecule has 1 heterocycles. The molecule has 0 saturated carbocycles. The predicted octanol–water partition coefficient (Wildman–Crippen LogP) is 7.94. The number of amides is 1. The molecule has 1 amide bonds. The van der Waals surface area contributed by atoms with Gasteiger partial charge in [-0.3, -0.25) is 4.79 Å². The van der Waals surface area contributed by atoms with Crippen LogP contribution in [0.4, 0.5) is 11.4 Å². The first-order valence-electron chi connectivity index (χ1n) is 12.3. The SMILES string of the molecule is [C-]#[N+]c1ccc(C[C@@H](c2nnc(-c3ccc(NC(C)=O)cc3)o2)[C@H](C)O[Si](C)(C)C(C)(C)C)c(C)c1Cl. The van der Waals surface area contributed by atoms with E-state index in [1.807, 2.05) is 25.1 Å². The third-order valence-corrected chi connectivity index (χ3v) is 12.2. The molecule has 9 heteroatoms. The number of nitrogens with zero attached hydrogens (tertiary/aromatic N) is 3. The van der Waals surface area contributed by atoms with Crippen molar-refractivity contribution < 1.29 is 13.6 Å². The summed E-state index contributed by atoms with van der Waals surface area (Å²) < 4.78 is 13.0. The summed E-state index contributed by atoms with van der Waals surface area (Å²) in [7, 11) is -2.09. The average Bonchev–Trinajstić information content (AvgIpc) is 3.29. The van der Waals surface area contributed by atoms with Crippen molar-refractivity contribution in [2.24, 2.45) is 0 Å². The first kappa shape index (κ1) is 28.6. The van der Waals surface area contributed by atoms with Gasteiger partial charge in [-0.05, 0) is 73.8 Å². The minimum atomic E-state index is -2.09. The summed E-state index contributed by atoms with van der Waals surface area (Å²) >= 11 is 6.49. The lowest BCUT2D eigenvalue weighted by Crippen LogP contribution is -2.44. The molecule has 0 saturated heterocycles. The van der Waals surface area contributed by atoms with Crippen LogP contribution in [0.5, 0.6) is 0 Å². The fourth-order valence-corrected chi connectivity index (χ4v) is 5.51. The number of anilines is 1. The molecule has 2 atom stereocenters. The van der Waals surface area contributed by atoms with E-state index in [1.54, 1.807) is 18.2 Å². The number of carbonyl (C=O) groups excluding carboxylic acids is 1. The van der Waals surface area contributed by atoms with Gasteiger partial charge in [0.2, 0.25) is 23.4 Å². The summed E-state index contributed by atoms with van der Waals surface area (Å²) in [5.41, 5.74) is 3.76. The maximum Gasteiger partial charge on any atom is 0.247 e. The van der Waals surface area contributed by atoms with E-state index in [0.29, 0.717) is 34.6 Å². The summed E-state index contributed by atoms with van der Waals surface area (Å²) in [6, 6.07) is 11.0. The predicted molar refractivity (Wildman–Crippen MR) is 151 cm³/mol. The Kier molecular flexibility index (Phi) is 8.63. The highest BCUT2D eigenvalue weighted by atomic mass is 35.5. The van der Waals surface area contributed by atoms with Gasteiger partial charge in [0.15, 0.2) is 8.32 Å². The average molecular weight is 539 g/mol. The highest BCUT2D eigenvalue weighted by Gasteiger charge is 2.41. The van der Waals surface area contributed by atoms with Gasteiger partial charge in [-0.25, -0.2) is 4.85 Å². The van der Waals surface area contributed by atoms with Gasteiger partial charge in [-0.15, -0.1) is 10.2 Å². The van der Waals surface area contributed by atoms with E-state index in [2.05, 4.69) is 61.1 Å². The molecule has 196 valence electrons. The van der Waals surface area contributed by atoms with Crippen LogP contribution in [0.3, 0.4) is 0 Å². The van der Waals surface area contributed by atoms with Crippen LogP contribution in [0.15, 0.2) is 40.8 Å². The van der Waals surface area contributed by atoms with Crippen LogP contribution in [0, 0.1) is 13.5 Å². The van der Waals surface area contributed by atoms with Gasteiger partial charge in [-0.2, -0.15) is 0 Å². The molecule has 1 N–H and O–H groups in total. The minimum absolute atomic E-state index is 0.0397. The quantitative estimate of drug-likeness (QED) is 0.232. The lowest BCUT2D eigenvalue weighted by molar-refractivity contribution is -0.114. The van der Waals surface area contributed by atoms with Crippen molar-refractivity contribution in [3.63, 3.8) is 0 Å².